The first-order valence-corrected chi connectivity index (χ1v) is 7.82. The molecule has 0 aliphatic carbocycles. The van der Waals surface area contributed by atoms with Crippen molar-refractivity contribution in [3.63, 3.8) is 0 Å². The normalized spacial score (nSPS) is 12.2. The molecule has 118 valence electrons. The third-order valence-corrected chi connectivity index (χ3v) is 4.00. The van der Waals surface area contributed by atoms with E-state index in [1.165, 1.54) is 17.6 Å². The van der Waals surface area contributed by atoms with Crippen molar-refractivity contribution in [3.8, 4) is 0 Å². The van der Waals surface area contributed by atoms with Crippen molar-refractivity contribution in [2.75, 3.05) is 0 Å². The van der Waals surface area contributed by atoms with E-state index in [9.17, 15) is 9.59 Å². The molecule has 2 rings (SSSR count). The maximum atomic E-state index is 12.3. The highest BCUT2D eigenvalue weighted by atomic mass is 32.1. The second-order valence-electron chi connectivity index (χ2n) is 5.24. The van der Waals surface area contributed by atoms with Gasteiger partial charge in [0.2, 0.25) is 5.91 Å². The summed E-state index contributed by atoms with van der Waals surface area (Å²) in [5.41, 5.74) is 0. The number of amides is 2. The van der Waals surface area contributed by atoms with Crippen LogP contribution in [-0.4, -0.2) is 22.8 Å². The van der Waals surface area contributed by atoms with Crippen LogP contribution in [0, 0.1) is 12.8 Å². The van der Waals surface area contributed by atoms with Crippen LogP contribution >= 0.6 is 11.3 Å². The minimum atomic E-state index is -0.619. The number of aryl methyl sites for hydroxylation is 1. The summed E-state index contributed by atoms with van der Waals surface area (Å²) in [4.78, 5) is 29.4. The molecule has 2 aromatic heterocycles. The summed E-state index contributed by atoms with van der Waals surface area (Å²) in [6.45, 7) is 6.08. The minimum absolute atomic E-state index is 0.0397. The number of hydrogen-bond acceptors (Lipinski definition) is 5. The Bertz CT molecular complexity index is 634. The quantitative estimate of drug-likeness (QED) is 0.853. The molecule has 0 saturated heterocycles. The molecule has 0 aromatic carbocycles. The molecule has 22 heavy (non-hydrogen) atoms. The summed E-state index contributed by atoms with van der Waals surface area (Å²) in [7, 11) is 0. The third-order valence-electron chi connectivity index (χ3n) is 3.09. The Kier molecular flexibility index (Phi) is 5.32. The lowest BCUT2D eigenvalue weighted by Crippen LogP contribution is -2.49. The van der Waals surface area contributed by atoms with Crippen LogP contribution in [0.15, 0.2) is 29.0 Å². The second-order valence-corrected chi connectivity index (χ2v) is 6.56. The van der Waals surface area contributed by atoms with E-state index in [1.807, 2.05) is 20.8 Å². The predicted octanol–water partition coefficient (Wildman–Crippen LogP) is 2.12. The van der Waals surface area contributed by atoms with E-state index >= 15 is 0 Å². The van der Waals surface area contributed by atoms with E-state index in [-0.39, 0.29) is 17.6 Å². The Morgan fingerprint density at radius 3 is 2.73 bits per heavy atom. The number of aromatic nitrogens is 1. The van der Waals surface area contributed by atoms with Crippen LogP contribution in [0.5, 0.6) is 0 Å². The lowest BCUT2D eigenvalue weighted by molar-refractivity contribution is -0.124. The SMILES string of the molecule is Cc1ncc(CNC(=O)C(NC(=O)c2ccco2)C(C)C)s1. The Morgan fingerprint density at radius 2 is 2.18 bits per heavy atom. The van der Waals surface area contributed by atoms with Crippen LogP contribution in [0.4, 0.5) is 0 Å². The van der Waals surface area contributed by atoms with Gasteiger partial charge >= 0.3 is 0 Å². The lowest BCUT2D eigenvalue weighted by atomic mass is 10.0. The molecule has 2 aromatic rings. The van der Waals surface area contributed by atoms with Gasteiger partial charge in [0.05, 0.1) is 17.8 Å². The van der Waals surface area contributed by atoms with Gasteiger partial charge in [0.25, 0.3) is 5.91 Å². The van der Waals surface area contributed by atoms with Crippen molar-refractivity contribution >= 4 is 23.2 Å². The van der Waals surface area contributed by atoms with Gasteiger partial charge in [-0.1, -0.05) is 13.8 Å². The molecule has 1 atom stereocenters. The van der Waals surface area contributed by atoms with E-state index in [4.69, 9.17) is 4.42 Å². The number of carbonyl (C=O) groups excluding carboxylic acids is 2. The molecular formula is C15H19N3O3S. The third kappa shape index (κ3) is 4.17. The number of nitrogens with zero attached hydrogens (tertiary/aromatic N) is 1. The van der Waals surface area contributed by atoms with Gasteiger partial charge in [0, 0.05) is 11.1 Å². The van der Waals surface area contributed by atoms with Crippen molar-refractivity contribution in [1.82, 2.24) is 15.6 Å². The predicted molar refractivity (Wildman–Crippen MR) is 83.5 cm³/mol. The monoisotopic (exact) mass is 321 g/mol. The number of carbonyl (C=O) groups is 2. The van der Waals surface area contributed by atoms with E-state index in [0.29, 0.717) is 6.54 Å². The molecule has 0 bridgehead atoms. The molecule has 2 heterocycles. The van der Waals surface area contributed by atoms with Crippen molar-refractivity contribution in [1.29, 1.82) is 0 Å². The Labute approximate surface area is 132 Å². The highest BCUT2D eigenvalue weighted by molar-refractivity contribution is 7.11. The van der Waals surface area contributed by atoms with Crippen molar-refractivity contribution < 1.29 is 14.0 Å². The van der Waals surface area contributed by atoms with Gasteiger partial charge in [-0.2, -0.15) is 0 Å². The molecule has 2 N–H and O–H groups in total. The Balaban J connectivity index is 1.95. The van der Waals surface area contributed by atoms with Crippen LogP contribution in [0.2, 0.25) is 0 Å². The summed E-state index contributed by atoms with van der Waals surface area (Å²) < 4.78 is 5.04. The number of hydrogen-bond donors (Lipinski definition) is 2. The van der Waals surface area contributed by atoms with Crippen molar-refractivity contribution in [3.05, 3.63) is 40.2 Å². The van der Waals surface area contributed by atoms with Gasteiger partial charge in [-0.3, -0.25) is 9.59 Å². The summed E-state index contributed by atoms with van der Waals surface area (Å²) in [6.07, 6.45) is 3.16. The fourth-order valence-electron chi connectivity index (χ4n) is 1.93. The van der Waals surface area contributed by atoms with Crippen molar-refractivity contribution in [2.24, 2.45) is 5.92 Å². The standard InChI is InChI=1S/C15H19N3O3S/c1-9(2)13(18-14(19)12-5-4-6-21-12)15(20)17-8-11-7-16-10(3)22-11/h4-7,9,13H,8H2,1-3H3,(H,17,20)(H,18,19). The summed E-state index contributed by atoms with van der Waals surface area (Å²) in [6, 6.07) is 2.57. The fourth-order valence-corrected chi connectivity index (χ4v) is 2.66. The molecule has 0 aliphatic rings. The zero-order valence-electron chi connectivity index (χ0n) is 12.8. The largest absolute Gasteiger partial charge is 0.459 e. The average Bonchev–Trinajstić information content (AvgIpc) is 3.13. The van der Waals surface area contributed by atoms with Crippen LogP contribution < -0.4 is 10.6 Å². The first-order chi connectivity index (χ1) is 10.5. The van der Waals surface area contributed by atoms with Gasteiger partial charge in [0.1, 0.15) is 6.04 Å². The summed E-state index contributed by atoms with van der Waals surface area (Å²) in [5, 5.41) is 6.49. The van der Waals surface area contributed by atoms with E-state index < -0.39 is 11.9 Å². The van der Waals surface area contributed by atoms with Crippen molar-refractivity contribution in [2.45, 2.75) is 33.4 Å². The average molecular weight is 321 g/mol. The van der Waals surface area contributed by atoms with E-state index in [1.54, 1.807) is 18.3 Å². The molecule has 2 amide bonds. The number of thiazole rings is 1. The van der Waals surface area contributed by atoms with Gasteiger partial charge < -0.3 is 15.1 Å². The lowest BCUT2D eigenvalue weighted by Gasteiger charge is -2.21. The van der Waals surface area contributed by atoms with Crippen LogP contribution in [0.3, 0.4) is 0 Å². The molecule has 0 aliphatic heterocycles. The van der Waals surface area contributed by atoms with E-state index in [0.717, 1.165) is 9.88 Å². The highest BCUT2D eigenvalue weighted by Gasteiger charge is 2.25. The molecule has 6 nitrogen and oxygen atoms in total. The highest BCUT2D eigenvalue weighted by Crippen LogP contribution is 2.11. The topological polar surface area (TPSA) is 84.2 Å². The maximum Gasteiger partial charge on any atom is 0.287 e. The van der Waals surface area contributed by atoms with Crippen LogP contribution in [0.25, 0.3) is 0 Å². The van der Waals surface area contributed by atoms with Gasteiger partial charge in [-0.15, -0.1) is 11.3 Å². The number of furan rings is 1. The van der Waals surface area contributed by atoms with Crippen LogP contribution in [0.1, 0.15) is 34.3 Å². The summed E-state index contributed by atoms with van der Waals surface area (Å²) >= 11 is 1.53. The number of nitrogens with one attached hydrogen (secondary N) is 2. The molecular weight excluding hydrogens is 302 g/mol. The number of rotatable bonds is 6. The summed E-state index contributed by atoms with van der Waals surface area (Å²) in [5.74, 6) is -0.466. The zero-order chi connectivity index (χ0) is 16.1. The Morgan fingerprint density at radius 1 is 1.41 bits per heavy atom. The van der Waals surface area contributed by atoms with Gasteiger partial charge in [0.15, 0.2) is 5.76 Å². The first kappa shape index (κ1) is 16.2. The molecule has 7 heteroatoms. The Hall–Kier alpha value is -2.15. The smallest absolute Gasteiger partial charge is 0.287 e. The molecule has 0 radical (unpaired) electrons. The van der Waals surface area contributed by atoms with Gasteiger partial charge in [-0.25, -0.2) is 4.98 Å². The maximum absolute atomic E-state index is 12.3. The zero-order valence-corrected chi connectivity index (χ0v) is 13.6. The molecule has 0 fully saturated rings. The first-order valence-electron chi connectivity index (χ1n) is 7.00. The fraction of sp³-hybridized carbons (Fsp3) is 0.400. The minimum Gasteiger partial charge on any atom is -0.459 e. The second kappa shape index (κ2) is 7.22. The van der Waals surface area contributed by atoms with Crippen LogP contribution in [-0.2, 0) is 11.3 Å². The molecule has 1 unspecified atom stereocenters. The molecule has 0 spiro atoms. The van der Waals surface area contributed by atoms with Gasteiger partial charge in [-0.05, 0) is 25.0 Å². The van der Waals surface area contributed by atoms with E-state index in [2.05, 4.69) is 15.6 Å². The molecule has 0 saturated carbocycles.